The second kappa shape index (κ2) is 10.5. The molecule has 160 valence electrons. The number of likely N-dealkylation sites (tertiary alicyclic amines) is 1. The highest BCUT2D eigenvalue weighted by Gasteiger charge is 2.29. The number of carbonyl (C=O) groups excluding carboxylic acids is 2. The monoisotopic (exact) mass is 432 g/mol. The molecule has 2 amide bonds. The number of fused-ring (bicyclic) bond motifs is 1. The Morgan fingerprint density at radius 2 is 1.74 bits per heavy atom. The van der Waals surface area contributed by atoms with E-state index in [1.54, 1.807) is 0 Å². The zero-order valence-electron chi connectivity index (χ0n) is 17.6. The highest BCUT2D eigenvalue weighted by molar-refractivity contribution is 7.98. The molecule has 1 aliphatic heterocycles. The third-order valence-electron chi connectivity index (χ3n) is 5.76. The van der Waals surface area contributed by atoms with Crippen molar-refractivity contribution in [1.29, 1.82) is 0 Å². The maximum Gasteiger partial charge on any atom is 0.254 e. The lowest BCUT2D eigenvalue weighted by Gasteiger charge is -2.32. The zero-order chi connectivity index (χ0) is 21.5. The predicted octanol–water partition coefficient (Wildman–Crippen LogP) is 4.74. The van der Waals surface area contributed by atoms with Crippen LogP contribution in [0.4, 0.5) is 0 Å². The van der Waals surface area contributed by atoms with Gasteiger partial charge in [0.1, 0.15) is 0 Å². The van der Waals surface area contributed by atoms with Gasteiger partial charge in [-0.15, -0.1) is 0 Å². The van der Waals surface area contributed by atoms with Gasteiger partial charge in [0.05, 0.1) is 5.92 Å². The van der Waals surface area contributed by atoms with E-state index < -0.39 is 0 Å². The largest absolute Gasteiger partial charge is 0.355 e. The first-order valence-corrected chi connectivity index (χ1v) is 12.0. The first-order valence-electron chi connectivity index (χ1n) is 10.9. The molecule has 1 heterocycles. The molecule has 1 unspecified atom stereocenters. The van der Waals surface area contributed by atoms with Crippen LogP contribution >= 0.6 is 11.8 Å². The van der Waals surface area contributed by atoms with Crippen LogP contribution in [0.5, 0.6) is 0 Å². The van der Waals surface area contributed by atoms with Crippen LogP contribution < -0.4 is 5.32 Å². The summed E-state index contributed by atoms with van der Waals surface area (Å²) >= 11 is 1.82. The number of hydrogen-bond donors (Lipinski definition) is 1. The number of hydrogen-bond acceptors (Lipinski definition) is 3. The Morgan fingerprint density at radius 3 is 2.61 bits per heavy atom. The second-order valence-corrected chi connectivity index (χ2v) is 9.05. The minimum Gasteiger partial charge on any atom is -0.355 e. The molecule has 31 heavy (non-hydrogen) atoms. The third-order valence-corrected chi connectivity index (χ3v) is 6.79. The first-order chi connectivity index (χ1) is 15.2. The number of piperidine rings is 1. The van der Waals surface area contributed by atoms with Crippen molar-refractivity contribution < 1.29 is 9.59 Å². The number of thioether (sulfide) groups is 1. The molecule has 0 radical (unpaired) electrons. The molecule has 0 bridgehead atoms. The highest BCUT2D eigenvalue weighted by Crippen LogP contribution is 2.23. The van der Waals surface area contributed by atoms with Gasteiger partial charge in [-0.05, 0) is 35.2 Å². The van der Waals surface area contributed by atoms with Crippen molar-refractivity contribution in [3.8, 4) is 0 Å². The van der Waals surface area contributed by atoms with Gasteiger partial charge < -0.3 is 10.2 Å². The summed E-state index contributed by atoms with van der Waals surface area (Å²) in [6.07, 6.45) is 1.69. The number of carbonyl (C=O) groups is 2. The molecule has 3 aromatic carbocycles. The Morgan fingerprint density at radius 1 is 0.968 bits per heavy atom. The van der Waals surface area contributed by atoms with Crippen molar-refractivity contribution in [2.75, 3.05) is 25.4 Å². The van der Waals surface area contributed by atoms with Crippen LogP contribution in [-0.2, 0) is 10.5 Å². The molecule has 3 aromatic rings. The normalized spacial score (nSPS) is 16.3. The number of nitrogens with zero attached hydrogens (tertiary/aromatic N) is 1. The molecule has 4 rings (SSSR count). The molecule has 1 N–H and O–H groups in total. The van der Waals surface area contributed by atoms with E-state index in [1.807, 2.05) is 77.3 Å². The lowest BCUT2D eigenvalue weighted by atomic mass is 9.95. The van der Waals surface area contributed by atoms with E-state index in [4.69, 9.17) is 0 Å². The lowest BCUT2D eigenvalue weighted by Crippen LogP contribution is -2.45. The lowest BCUT2D eigenvalue weighted by molar-refractivity contribution is -0.126. The Labute approximate surface area is 188 Å². The summed E-state index contributed by atoms with van der Waals surface area (Å²) in [5, 5.41) is 5.10. The minimum absolute atomic E-state index is 0.0210. The van der Waals surface area contributed by atoms with Crippen LogP contribution in [-0.4, -0.2) is 42.1 Å². The average molecular weight is 433 g/mol. The molecule has 0 aliphatic carbocycles. The Bertz CT molecular complexity index is 1030. The molecule has 5 heteroatoms. The second-order valence-electron chi connectivity index (χ2n) is 7.95. The fraction of sp³-hybridized carbons (Fsp3) is 0.308. The summed E-state index contributed by atoms with van der Waals surface area (Å²) in [4.78, 5) is 27.7. The molecular formula is C26H28N2O2S. The molecule has 1 saturated heterocycles. The van der Waals surface area contributed by atoms with Gasteiger partial charge in [0.2, 0.25) is 5.91 Å². The fourth-order valence-corrected chi connectivity index (χ4v) is 4.93. The topological polar surface area (TPSA) is 49.4 Å². The average Bonchev–Trinajstić information content (AvgIpc) is 2.83. The van der Waals surface area contributed by atoms with Crippen LogP contribution in [0.15, 0.2) is 72.8 Å². The molecule has 1 fully saturated rings. The first kappa shape index (κ1) is 21.4. The summed E-state index contributed by atoms with van der Waals surface area (Å²) in [6, 6.07) is 24.1. The molecule has 1 aliphatic rings. The SMILES string of the molecule is O=C(NCCSCc1ccccc1)C1CCCN(C(=O)c2cccc3ccccc23)C1. The summed E-state index contributed by atoms with van der Waals surface area (Å²) in [6.45, 7) is 1.86. The van der Waals surface area contributed by atoms with E-state index in [0.29, 0.717) is 19.6 Å². The van der Waals surface area contributed by atoms with Gasteiger partial charge in [-0.3, -0.25) is 9.59 Å². The molecular weight excluding hydrogens is 404 g/mol. The van der Waals surface area contributed by atoms with Crippen molar-refractivity contribution in [2.45, 2.75) is 18.6 Å². The van der Waals surface area contributed by atoms with Crippen LogP contribution in [0.25, 0.3) is 10.8 Å². The maximum atomic E-state index is 13.2. The maximum absolute atomic E-state index is 13.2. The molecule has 0 saturated carbocycles. The van der Waals surface area contributed by atoms with Crippen LogP contribution in [0.3, 0.4) is 0 Å². The van der Waals surface area contributed by atoms with Gasteiger partial charge in [-0.1, -0.05) is 66.7 Å². The molecule has 4 nitrogen and oxygen atoms in total. The van der Waals surface area contributed by atoms with Gasteiger partial charge >= 0.3 is 0 Å². The Kier molecular flexibility index (Phi) is 7.26. The van der Waals surface area contributed by atoms with Gasteiger partial charge in [0.15, 0.2) is 0 Å². The highest BCUT2D eigenvalue weighted by atomic mass is 32.2. The van der Waals surface area contributed by atoms with Gasteiger partial charge in [-0.25, -0.2) is 0 Å². The molecule has 0 aromatic heterocycles. The van der Waals surface area contributed by atoms with Crippen molar-refractivity contribution in [2.24, 2.45) is 5.92 Å². The fourth-order valence-electron chi connectivity index (χ4n) is 4.11. The quantitative estimate of drug-likeness (QED) is 0.549. The number of nitrogens with one attached hydrogen (secondary N) is 1. The predicted molar refractivity (Wildman–Crippen MR) is 128 cm³/mol. The summed E-state index contributed by atoms with van der Waals surface area (Å²) in [5.74, 6) is 1.79. The van der Waals surface area contributed by atoms with E-state index in [-0.39, 0.29) is 17.7 Å². The van der Waals surface area contributed by atoms with E-state index >= 15 is 0 Å². The van der Waals surface area contributed by atoms with E-state index in [0.717, 1.165) is 40.7 Å². The van der Waals surface area contributed by atoms with Crippen molar-refractivity contribution >= 4 is 34.3 Å². The number of rotatable bonds is 7. The van der Waals surface area contributed by atoms with E-state index in [2.05, 4.69) is 17.4 Å². The Balaban J connectivity index is 1.28. The zero-order valence-corrected chi connectivity index (χ0v) is 18.4. The van der Waals surface area contributed by atoms with Crippen molar-refractivity contribution in [1.82, 2.24) is 10.2 Å². The molecule has 0 spiro atoms. The smallest absolute Gasteiger partial charge is 0.254 e. The van der Waals surface area contributed by atoms with Crippen LogP contribution in [0.1, 0.15) is 28.8 Å². The van der Waals surface area contributed by atoms with Crippen LogP contribution in [0, 0.1) is 5.92 Å². The van der Waals surface area contributed by atoms with Gasteiger partial charge in [0.25, 0.3) is 5.91 Å². The standard InChI is InChI=1S/C26H28N2O2S/c29-25(27-15-17-31-19-20-8-2-1-3-9-20)22-12-7-16-28(18-22)26(30)24-14-6-11-21-10-4-5-13-23(21)24/h1-6,8-11,13-14,22H,7,12,15-19H2,(H,27,29). The van der Waals surface area contributed by atoms with Crippen molar-refractivity contribution in [3.05, 3.63) is 83.9 Å². The Hall–Kier alpha value is -2.79. The minimum atomic E-state index is -0.133. The molecule has 1 atom stereocenters. The third kappa shape index (κ3) is 5.47. The summed E-state index contributed by atoms with van der Waals surface area (Å²) in [5.41, 5.74) is 2.02. The number of benzene rings is 3. The van der Waals surface area contributed by atoms with Gasteiger partial charge in [-0.2, -0.15) is 11.8 Å². The summed E-state index contributed by atoms with van der Waals surface area (Å²) < 4.78 is 0. The number of amides is 2. The summed E-state index contributed by atoms with van der Waals surface area (Å²) in [7, 11) is 0. The van der Waals surface area contributed by atoms with Crippen molar-refractivity contribution in [3.63, 3.8) is 0 Å². The van der Waals surface area contributed by atoms with Crippen LogP contribution in [0.2, 0.25) is 0 Å². The van der Waals surface area contributed by atoms with Gasteiger partial charge in [0, 0.05) is 36.7 Å². The van der Waals surface area contributed by atoms with E-state index in [9.17, 15) is 9.59 Å². The van der Waals surface area contributed by atoms with E-state index in [1.165, 1.54) is 5.56 Å².